The molecule has 0 spiro atoms. The fourth-order valence-corrected chi connectivity index (χ4v) is 6.49. The molecule has 2 aliphatic rings. The predicted molar refractivity (Wildman–Crippen MR) is 120 cm³/mol. The Labute approximate surface area is 181 Å². The molecule has 160 valence electrons. The largest absolute Gasteiger partial charge is 0.497 e. The van der Waals surface area contributed by atoms with Gasteiger partial charge in [0.1, 0.15) is 17.2 Å². The summed E-state index contributed by atoms with van der Waals surface area (Å²) >= 11 is 1.56. The van der Waals surface area contributed by atoms with Crippen LogP contribution in [-0.2, 0) is 9.84 Å². The van der Waals surface area contributed by atoms with Crippen LogP contribution >= 0.6 is 11.8 Å². The van der Waals surface area contributed by atoms with Gasteiger partial charge in [0.2, 0.25) is 0 Å². The van der Waals surface area contributed by atoms with Gasteiger partial charge in [0, 0.05) is 11.8 Å². The molecule has 1 fully saturated rings. The number of rotatable bonds is 7. The van der Waals surface area contributed by atoms with Crippen LogP contribution in [0.1, 0.15) is 0 Å². The molecular weight excluding hydrogens is 424 g/mol. The van der Waals surface area contributed by atoms with Crippen LogP contribution in [0.25, 0.3) is 0 Å². The molecule has 2 aromatic rings. The molecule has 0 aliphatic carbocycles. The second-order valence-corrected chi connectivity index (χ2v) is 10.3. The highest BCUT2D eigenvalue weighted by molar-refractivity contribution is 8.14. The molecule has 0 amide bonds. The normalized spacial score (nSPS) is 21.8. The highest BCUT2D eigenvalue weighted by Gasteiger charge is 2.47. The summed E-state index contributed by atoms with van der Waals surface area (Å²) in [6.45, 7) is 0.518. The van der Waals surface area contributed by atoms with Crippen LogP contribution in [-0.4, -0.2) is 63.8 Å². The van der Waals surface area contributed by atoms with Gasteiger partial charge in [0.15, 0.2) is 15.0 Å². The number of aliphatic imine (C=N–C) groups is 1. The molecule has 0 saturated carbocycles. The van der Waals surface area contributed by atoms with E-state index in [1.807, 2.05) is 53.4 Å². The van der Waals surface area contributed by atoms with E-state index >= 15 is 0 Å². The van der Waals surface area contributed by atoms with Gasteiger partial charge in [-0.2, -0.15) is 0 Å². The lowest BCUT2D eigenvalue weighted by Crippen LogP contribution is -2.39. The zero-order valence-corrected chi connectivity index (χ0v) is 18.5. The highest BCUT2D eigenvalue weighted by atomic mass is 32.2. The summed E-state index contributed by atoms with van der Waals surface area (Å²) in [5.74, 6) is 2.97. The molecule has 2 atom stereocenters. The van der Waals surface area contributed by atoms with E-state index in [1.165, 1.54) is 0 Å². The van der Waals surface area contributed by atoms with Crippen molar-refractivity contribution in [1.29, 1.82) is 0 Å². The van der Waals surface area contributed by atoms with Gasteiger partial charge in [-0.25, -0.2) is 8.42 Å². The second-order valence-electron chi connectivity index (χ2n) is 7.04. The van der Waals surface area contributed by atoms with Crippen LogP contribution in [0.3, 0.4) is 0 Å². The first-order valence-corrected chi connectivity index (χ1v) is 12.4. The van der Waals surface area contributed by atoms with E-state index in [-0.39, 0.29) is 23.6 Å². The number of methoxy groups -OCH3 is 2. The van der Waals surface area contributed by atoms with Crippen molar-refractivity contribution in [2.45, 2.75) is 12.1 Å². The van der Waals surface area contributed by atoms with Gasteiger partial charge in [-0.15, -0.1) is 0 Å². The fraction of sp³-hybridized carbons (Fsp3) is 0.381. The maximum Gasteiger partial charge on any atom is 0.164 e. The SMILES string of the molecule is COc1ccc(OC)c(N2C(SCCOc3ccccc3)=N[C@@H]3CS(=O)(=O)C[C@@H]32)c1. The van der Waals surface area contributed by atoms with E-state index in [2.05, 4.69) is 0 Å². The molecule has 2 heterocycles. The molecule has 0 bridgehead atoms. The van der Waals surface area contributed by atoms with Crippen molar-refractivity contribution in [2.24, 2.45) is 4.99 Å². The molecular formula is C21H24N2O5S2. The Kier molecular flexibility index (Phi) is 6.10. The summed E-state index contributed by atoms with van der Waals surface area (Å²) in [4.78, 5) is 6.74. The van der Waals surface area contributed by atoms with Crippen LogP contribution in [0, 0.1) is 0 Å². The molecule has 0 radical (unpaired) electrons. The van der Waals surface area contributed by atoms with Crippen LogP contribution < -0.4 is 19.1 Å². The number of hydrogen-bond acceptors (Lipinski definition) is 8. The zero-order valence-electron chi connectivity index (χ0n) is 16.9. The number of para-hydroxylation sites is 1. The first-order valence-electron chi connectivity index (χ1n) is 9.61. The lowest BCUT2D eigenvalue weighted by atomic mass is 10.1. The monoisotopic (exact) mass is 448 g/mol. The number of hydrogen-bond donors (Lipinski definition) is 0. The molecule has 4 rings (SSSR count). The average Bonchev–Trinajstić information content (AvgIpc) is 3.22. The number of benzene rings is 2. The van der Waals surface area contributed by atoms with Gasteiger partial charge in [0.05, 0.1) is 50.1 Å². The van der Waals surface area contributed by atoms with Crippen molar-refractivity contribution in [3.63, 3.8) is 0 Å². The minimum Gasteiger partial charge on any atom is -0.497 e. The standard InChI is InChI=1S/C21H24N2O5S2/c1-26-16-8-9-20(27-2)18(12-16)23-19-14-30(24,25)13-17(19)22-21(23)29-11-10-28-15-6-4-3-5-7-15/h3-9,12,17,19H,10-11,13-14H2,1-2H3/t17-,19+/m1/s1. The summed E-state index contributed by atoms with van der Waals surface area (Å²) in [6.07, 6.45) is 0. The van der Waals surface area contributed by atoms with E-state index in [1.54, 1.807) is 26.0 Å². The van der Waals surface area contributed by atoms with E-state index in [0.717, 1.165) is 16.6 Å². The summed E-state index contributed by atoms with van der Waals surface area (Å²) in [5, 5.41) is 0.781. The Morgan fingerprint density at radius 3 is 2.60 bits per heavy atom. The highest BCUT2D eigenvalue weighted by Crippen LogP contribution is 2.41. The van der Waals surface area contributed by atoms with E-state index in [0.29, 0.717) is 23.9 Å². The molecule has 0 aromatic heterocycles. The third-order valence-corrected chi connectivity index (χ3v) is 7.71. The molecule has 7 nitrogen and oxygen atoms in total. The van der Waals surface area contributed by atoms with Crippen molar-refractivity contribution in [3.8, 4) is 17.2 Å². The molecule has 2 aromatic carbocycles. The maximum absolute atomic E-state index is 12.2. The number of thioether (sulfide) groups is 1. The predicted octanol–water partition coefficient (Wildman–Crippen LogP) is 2.86. The zero-order chi connectivity index (χ0) is 21.1. The van der Waals surface area contributed by atoms with Gasteiger partial charge in [-0.1, -0.05) is 30.0 Å². The number of nitrogens with zero attached hydrogens (tertiary/aromatic N) is 2. The van der Waals surface area contributed by atoms with Crippen LogP contribution in [0.2, 0.25) is 0 Å². The molecule has 0 N–H and O–H groups in total. The molecule has 9 heteroatoms. The first-order chi connectivity index (χ1) is 14.5. The van der Waals surface area contributed by atoms with Crippen molar-refractivity contribution in [2.75, 3.05) is 43.0 Å². The molecule has 1 saturated heterocycles. The summed E-state index contributed by atoms with van der Waals surface area (Å²) in [5.41, 5.74) is 0.761. The minimum absolute atomic E-state index is 0.0744. The van der Waals surface area contributed by atoms with E-state index in [4.69, 9.17) is 19.2 Å². The smallest absolute Gasteiger partial charge is 0.164 e. The lowest BCUT2D eigenvalue weighted by molar-refractivity contribution is 0.344. The summed E-state index contributed by atoms with van der Waals surface area (Å²) in [7, 11) is 0.0783. The minimum atomic E-state index is -3.12. The third kappa shape index (κ3) is 4.37. The quantitative estimate of drug-likeness (QED) is 0.603. The van der Waals surface area contributed by atoms with E-state index < -0.39 is 9.84 Å². The molecule has 0 unspecified atom stereocenters. The topological polar surface area (TPSA) is 77.4 Å². The van der Waals surface area contributed by atoms with Gasteiger partial charge in [-0.3, -0.25) is 4.99 Å². The van der Waals surface area contributed by atoms with Gasteiger partial charge in [0.25, 0.3) is 0 Å². The number of sulfone groups is 1. The maximum atomic E-state index is 12.2. The van der Waals surface area contributed by atoms with E-state index in [9.17, 15) is 8.42 Å². The Morgan fingerprint density at radius 1 is 1.07 bits per heavy atom. The Hall–Kier alpha value is -2.39. The molecule has 2 aliphatic heterocycles. The number of amidine groups is 1. The lowest BCUT2D eigenvalue weighted by Gasteiger charge is -2.28. The Bertz CT molecular complexity index is 1030. The van der Waals surface area contributed by atoms with Crippen molar-refractivity contribution in [3.05, 3.63) is 48.5 Å². The second kappa shape index (κ2) is 8.77. The summed E-state index contributed by atoms with van der Waals surface area (Å²) < 4.78 is 41.2. The Morgan fingerprint density at radius 2 is 1.87 bits per heavy atom. The van der Waals surface area contributed by atoms with Gasteiger partial charge >= 0.3 is 0 Å². The van der Waals surface area contributed by atoms with Gasteiger partial charge < -0.3 is 19.1 Å². The number of ether oxygens (including phenoxy) is 3. The van der Waals surface area contributed by atoms with Crippen molar-refractivity contribution < 1.29 is 22.6 Å². The van der Waals surface area contributed by atoms with Crippen LogP contribution in [0.4, 0.5) is 5.69 Å². The Balaban J connectivity index is 1.55. The first kappa shape index (κ1) is 20.9. The van der Waals surface area contributed by atoms with Crippen molar-refractivity contribution >= 4 is 32.5 Å². The molecule has 30 heavy (non-hydrogen) atoms. The number of anilines is 1. The van der Waals surface area contributed by atoms with Crippen molar-refractivity contribution in [1.82, 2.24) is 0 Å². The van der Waals surface area contributed by atoms with Gasteiger partial charge in [-0.05, 0) is 24.3 Å². The average molecular weight is 449 g/mol. The van der Waals surface area contributed by atoms with Crippen LogP contribution in [0.15, 0.2) is 53.5 Å². The third-order valence-electron chi connectivity index (χ3n) is 5.08. The number of fused-ring (bicyclic) bond motifs is 1. The summed E-state index contributed by atoms with van der Waals surface area (Å²) in [6, 6.07) is 14.6. The van der Waals surface area contributed by atoms with Crippen LogP contribution in [0.5, 0.6) is 17.2 Å². The fourth-order valence-electron chi connectivity index (χ4n) is 3.71.